The van der Waals surface area contributed by atoms with E-state index in [1.807, 2.05) is 0 Å². The molecule has 8 N–H and O–H groups in total. The molecule has 0 unspecified atom stereocenters. The molecule has 2 fully saturated rings. The normalized spacial score (nSPS) is 31.6. The highest BCUT2D eigenvalue weighted by Gasteiger charge is 2.50. The number of phenols is 2. The Morgan fingerprint density at radius 2 is 1.67 bits per heavy atom. The van der Waals surface area contributed by atoms with Crippen LogP contribution in [0.4, 0.5) is 0 Å². The molecule has 3 aromatic rings. The second-order valence-corrected chi connectivity index (χ2v) is 9.85. The van der Waals surface area contributed by atoms with Gasteiger partial charge in [-0.1, -0.05) is 0 Å². The zero-order valence-corrected chi connectivity index (χ0v) is 22.0. The summed E-state index contributed by atoms with van der Waals surface area (Å²) in [5.41, 5.74) is -0.337. The zero-order valence-electron chi connectivity index (χ0n) is 22.0. The summed E-state index contributed by atoms with van der Waals surface area (Å²) in [6.07, 6.45) is -14.3. The van der Waals surface area contributed by atoms with Crippen LogP contribution in [-0.2, 0) is 14.2 Å². The van der Waals surface area contributed by atoms with Crippen LogP contribution in [0.1, 0.15) is 0 Å². The molecule has 3 heterocycles. The number of aliphatic hydroxyl groups excluding tert-OH is 6. The predicted octanol–water partition coefficient (Wildman–Crippen LogP) is -1.48. The van der Waals surface area contributed by atoms with Crippen LogP contribution in [0.5, 0.6) is 23.0 Å². The second-order valence-electron chi connectivity index (χ2n) is 9.85. The number of aliphatic hydroxyl groups is 6. The highest BCUT2D eigenvalue weighted by molar-refractivity contribution is 5.86. The summed E-state index contributed by atoms with van der Waals surface area (Å²) in [5, 5.41) is 81.2. The van der Waals surface area contributed by atoms with Gasteiger partial charge in [0.05, 0.1) is 20.3 Å². The van der Waals surface area contributed by atoms with Crippen molar-refractivity contribution in [3.63, 3.8) is 0 Å². The Morgan fingerprint density at radius 1 is 0.905 bits per heavy atom. The molecule has 0 aliphatic carbocycles. The van der Waals surface area contributed by atoms with Crippen LogP contribution in [0.2, 0.25) is 0 Å². The molecule has 15 nitrogen and oxygen atoms in total. The summed E-state index contributed by atoms with van der Waals surface area (Å²) in [6.45, 7) is -1.14. The second kappa shape index (κ2) is 12.0. The number of hydrogen-bond donors (Lipinski definition) is 8. The van der Waals surface area contributed by atoms with Gasteiger partial charge >= 0.3 is 0 Å². The lowest BCUT2D eigenvalue weighted by Crippen LogP contribution is -2.63. The van der Waals surface area contributed by atoms with E-state index in [-0.39, 0.29) is 34.0 Å². The van der Waals surface area contributed by atoms with E-state index in [4.69, 9.17) is 28.1 Å². The van der Waals surface area contributed by atoms with E-state index in [2.05, 4.69) is 0 Å². The molecule has 2 aromatic carbocycles. The van der Waals surface area contributed by atoms with Gasteiger partial charge in [-0.2, -0.15) is 0 Å². The van der Waals surface area contributed by atoms with Crippen LogP contribution in [0.15, 0.2) is 45.6 Å². The lowest BCUT2D eigenvalue weighted by molar-refractivity contribution is -0.344. The number of rotatable bonds is 7. The van der Waals surface area contributed by atoms with Crippen molar-refractivity contribution in [2.24, 2.45) is 0 Å². The predicted molar refractivity (Wildman–Crippen MR) is 139 cm³/mol. The van der Waals surface area contributed by atoms with Crippen molar-refractivity contribution in [2.45, 2.75) is 55.3 Å². The molecular weight excluding hydrogens is 564 g/mol. The number of aromatic hydroxyl groups is 2. The van der Waals surface area contributed by atoms with Crippen molar-refractivity contribution < 1.29 is 69.0 Å². The Hall–Kier alpha value is -3.51. The Bertz CT molecular complexity index is 1470. The van der Waals surface area contributed by atoms with E-state index in [0.29, 0.717) is 5.56 Å². The highest BCUT2D eigenvalue weighted by Crippen LogP contribution is 2.36. The minimum Gasteiger partial charge on any atom is -0.507 e. The zero-order chi connectivity index (χ0) is 30.3. The Morgan fingerprint density at radius 3 is 2.38 bits per heavy atom. The van der Waals surface area contributed by atoms with Gasteiger partial charge in [-0.05, 0) is 18.2 Å². The van der Waals surface area contributed by atoms with E-state index in [0.717, 1.165) is 12.1 Å². The van der Waals surface area contributed by atoms with Crippen LogP contribution < -0.4 is 14.9 Å². The van der Waals surface area contributed by atoms with Crippen molar-refractivity contribution in [1.29, 1.82) is 0 Å². The van der Waals surface area contributed by atoms with Crippen molar-refractivity contribution in [3.05, 3.63) is 46.6 Å². The fourth-order valence-corrected chi connectivity index (χ4v) is 4.77. The average Bonchev–Trinajstić information content (AvgIpc) is 2.96. The van der Waals surface area contributed by atoms with Crippen LogP contribution in [0, 0.1) is 0 Å². The fourth-order valence-electron chi connectivity index (χ4n) is 4.77. The number of hydrogen-bond acceptors (Lipinski definition) is 15. The van der Waals surface area contributed by atoms with E-state index in [9.17, 15) is 45.6 Å². The highest BCUT2D eigenvalue weighted by atomic mass is 16.8. The number of fused-ring (bicyclic) bond motifs is 1. The maximum atomic E-state index is 12.9. The third-order valence-electron chi connectivity index (χ3n) is 7.07. The van der Waals surface area contributed by atoms with Crippen molar-refractivity contribution in [3.8, 4) is 34.3 Å². The fraction of sp³-hybridized carbons (Fsp3) is 0.444. The van der Waals surface area contributed by atoms with Gasteiger partial charge in [-0.15, -0.1) is 0 Å². The SMILES string of the molecule is COc1cc(-c2cc(=O)c3c(O)cc(O[C@@H]4O[C@H](CO)[C@H](O)[C@H](O)[C@H]4O[C@@H]4OC[C@H](O)[C@H](O)[C@H]4O)cc3o2)ccc1O. The number of phenolic OH excluding ortho intramolecular Hbond substituents is 2. The van der Waals surface area contributed by atoms with Gasteiger partial charge in [-0.25, -0.2) is 0 Å². The molecule has 15 heteroatoms. The molecule has 2 saturated heterocycles. The molecule has 9 atom stereocenters. The van der Waals surface area contributed by atoms with E-state index < -0.39 is 79.7 Å². The van der Waals surface area contributed by atoms with Gasteiger partial charge < -0.3 is 69.0 Å². The van der Waals surface area contributed by atoms with Gasteiger partial charge in [0.1, 0.15) is 64.9 Å². The molecule has 0 bridgehead atoms. The van der Waals surface area contributed by atoms with E-state index >= 15 is 0 Å². The smallest absolute Gasteiger partial charge is 0.229 e. The number of benzene rings is 2. The molecule has 2 aliphatic heterocycles. The van der Waals surface area contributed by atoms with Crippen LogP contribution in [0.3, 0.4) is 0 Å². The first-order valence-electron chi connectivity index (χ1n) is 12.8. The summed E-state index contributed by atoms with van der Waals surface area (Å²) in [5.74, 6) is -0.610. The monoisotopic (exact) mass is 594 g/mol. The molecule has 0 spiro atoms. The summed E-state index contributed by atoms with van der Waals surface area (Å²) in [4.78, 5) is 12.9. The maximum Gasteiger partial charge on any atom is 0.229 e. The molecule has 2 aliphatic rings. The lowest BCUT2D eigenvalue weighted by Gasteiger charge is -2.44. The Balaban J connectivity index is 1.48. The van der Waals surface area contributed by atoms with Crippen LogP contribution in [-0.4, -0.2) is 116 Å². The standard InChI is InChI=1S/C27H30O15/c1-37-17-4-10(2-3-12(17)29)16-7-14(31)20-13(30)5-11(6-18(20)40-16)39-27-25(23(35)22(34)19(8-28)41-27)42-26-24(36)21(33)15(32)9-38-26/h2-7,15,19,21-30,32-36H,8-9H2,1H3/t15-,19+,21-,22-,23-,24+,25+,26-,27+/m0/s1. The topological polar surface area (TPSA) is 238 Å². The van der Waals surface area contributed by atoms with Crippen LogP contribution >= 0.6 is 0 Å². The Kier molecular flexibility index (Phi) is 8.56. The average molecular weight is 595 g/mol. The van der Waals surface area contributed by atoms with Gasteiger partial charge in [-0.3, -0.25) is 4.79 Å². The summed E-state index contributed by atoms with van der Waals surface area (Å²) in [6, 6.07) is 7.74. The largest absolute Gasteiger partial charge is 0.507 e. The van der Waals surface area contributed by atoms with Gasteiger partial charge in [0.15, 0.2) is 29.3 Å². The molecular formula is C27H30O15. The molecule has 1 aromatic heterocycles. The molecule has 5 rings (SSSR count). The number of ether oxygens (including phenoxy) is 5. The first-order valence-corrected chi connectivity index (χ1v) is 12.8. The number of methoxy groups -OCH3 is 1. The third kappa shape index (κ3) is 5.61. The minimum absolute atomic E-state index is 0.0699. The van der Waals surface area contributed by atoms with Gasteiger partial charge in [0.25, 0.3) is 0 Å². The molecule has 0 saturated carbocycles. The summed E-state index contributed by atoms with van der Waals surface area (Å²) >= 11 is 0. The lowest BCUT2D eigenvalue weighted by atomic mass is 9.98. The van der Waals surface area contributed by atoms with E-state index in [1.54, 1.807) is 0 Å². The van der Waals surface area contributed by atoms with E-state index in [1.165, 1.54) is 31.4 Å². The molecule has 0 radical (unpaired) electrons. The van der Waals surface area contributed by atoms with Crippen molar-refractivity contribution in [1.82, 2.24) is 0 Å². The molecule has 42 heavy (non-hydrogen) atoms. The maximum absolute atomic E-state index is 12.9. The van der Waals surface area contributed by atoms with Crippen molar-refractivity contribution >= 4 is 11.0 Å². The van der Waals surface area contributed by atoms with Gasteiger partial charge in [0, 0.05) is 23.8 Å². The van der Waals surface area contributed by atoms with Gasteiger partial charge in [0.2, 0.25) is 6.29 Å². The summed E-state index contributed by atoms with van der Waals surface area (Å²) in [7, 11) is 1.35. The molecule has 228 valence electrons. The third-order valence-corrected chi connectivity index (χ3v) is 7.07. The quantitative estimate of drug-likeness (QED) is 0.156. The molecule has 0 amide bonds. The van der Waals surface area contributed by atoms with Crippen LogP contribution in [0.25, 0.3) is 22.3 Å². The minimum atomic E-state index is -1.76. The summed E-state index contributed by atoms with van der Waals surface area (Å²) < 4.78 is 33.2. The first-order chi connectivity index (χ1) is 20.0. The van der Waals surface area contributed by atoms with Crippen molar-refractivity contribution in [2.75, 3.05) is 20.3 Å². The Labute approximate surface area is 236 Å². The first kappa shape index (κ1) is 30.0.